The summed E-state index contributed by atoms with van der Waals surface area (Å²) < 4.78 is 7.68. The molecule has 0 spiro atoms. The van der Waals surface area contributed by atoms with Crippen molar-refractivity contribution in [2.45, 2.75) is 19.4 Å². The Balaban J connectivity index is 1.98. The van der Waals surface area contributed by atoms with Gasteiger partial charge in [0.1, 0.15) is 17.3 Å². The van der Waals surface area contributed by atoms with Crippen molar-refractivity contribution >= 4 is 62.8 Å². The lowest BCUT2D eigenvalue weighted by atomic mass is 10.1. The van der Waals surface area contributed by atoms with Gasteiger partial charge in [-0.25, -0.2) is 0 Å². The van der Waals surface area contributed by atoms with E-state index >= 15 is 0 Å². The molecule has 0 bridgehead atoms. The van der Waals surface area contributed by atoms with Crippen LogP contribution in [0.1, 0.15) is 12.5 Å². The molecule has 10 nitrogen and oxygen atoms in total. The molecule has 2 aromatic carbocycles. The molecule has 2 aromatic rings. The van der Waals surface area contributed by atoms with Gasteiger partial charge in [-0.15, -0.1) is 0 Å². The van der Waals surface area contributed by atoms with Crippen LogP contribution in [0.15, 0.2) is 36.4 Å². The molecule has 0 fully saturated rings. The lowest BCUT2D eigenvalue weighted by molar-refractivity contribution is -0.136. The molecule has 12 heteroatoms. The Kier molecular flexibility index (Phi) is 12.8. The summed E-state index contributed by atoms with van der Waals surface area (Å²) in [6.45, 7) is 0.237. The molecule has 2 rings (SSSR count). The summed E-state index contributed by atoms with van der Waals surface area (Å²) in [5.74, 6) is 0.301. The minimum absolute atomic E-state index is 0.0311. The third-order valence-corrected chi connectivity index (χ3v) is 6.55. The Morgan fingerprint density at radius 3 is 2.25 bits per heavy atom. The number of benzene rings is 2. The monoisotopic (exact) mass is 725 g/mol. The second kappa shape index (κ2) is 15.3. The lowest BCUT2D eigenvalue weighted by Gasteiger charge is -2.23. The maximum absolute atomic E-state index is 12.6. The lowest BCUT2D eigenvalue weighted by Crippen LogP contribution is -2.48. The molecule has 2 amide bonds. The highest BCUT2D eigenvalue weighted by Crippen LogP contribution is 2.33. The molecule has 196 valence electrons. The van der Waals surface area contributed by atoms with Crippen molar-refractivity contribution in [3.05, 3.63) is 49.1 Å². The van der Waals surface area contributed by atoms with Crippen LogP contribution in [0.2, 0.25) is 0 Å². The predicted octanol–water partition coefficient (Wildman–Crippen LogP) is 1.41. The Hall–Kier alpha value is -2.01. The van der Waals surface area contributed by atoms with Crippen molar-refractivity contribution in [3.63, 3.8) is 0 Å². The Bertz CT molecular complexity index is 1030. The number of rotatable bonds is 14. The summed E-state index contributed by atoms with van der Waals surface area (Å²) in [4.78, 5) is 36.8. The van der Waals surface area contributed by atoms with Crippen molar-refractivity contribution in [3.8, 4) is 17.2 Å². The van der Waals surface area contributed by atoms with Crippen LogP contribution in [0.5, 0.6) is 17.2 Å². The topological polar surface area (TPSA) is 148 Å². The van der Waals surface area contributed by atoms with E-state index in [0.29, 0.717) is 17.9 Å². The Morgan fingerprint density at radius 1 is 1.06 bits per heavy atom. The minimum atomic E-state index is -0.496. The molecule has 5 N–H and O–H groups in total. The zero-order valence-corrected chi connectivity index (χ0v) is 24.0. The highest BCUT2D eigenvalue weighted by Gasteiger charge is 2.19. The number of ketones is 1. The van der Waals surface area contributed by atoms with Gasteiger partial charge in [0.05, 0.1) is 40.0 Å². The van der Waals surface area contributed by atoms with Crippen molar-refractivity contribution in [2.24, 2.45) is 0 Å². The number of aromatic hydroxyl groups is 1. The van der Waals surface area contributed by atoms with Crippen LogP contribution in [-0.2, 0) is 20.8 Å². The van der Waals surface area contributed by atoms with E-state index in [4.69, 9.17) is 4.74 Å². The summed E-state index contributed by atoms with van der Waals surface area (Å²) in [5, 5.41) is 34.0. The summed E-state index contributed by atoms with van der Waals surface area (Å²) in [6, 6.07) is 9.87. The molecule has 0 radical (unpaired) electrons. The molecule has 0 aliphatic carbocycles. The van der Waals surface area contributed by atoms with Gasteiger partial charge in [-0.2, -0.15) is 0 Å². The fourth-order valence-electron chi connectivity index (χ4n) is 3.15. The molecule has 0 aliphatic heterocycles. The van der Waals surface area contributed by atoms with E-state index in [2.05, 4.69) is 55.8 Å². The highest BCUT2D eigenvalue weighted by molar-refractivity contribution is 14.1. The number of carbonyl (C=O) groups is 3. The number of halogens is 2. The van der Waals surface area contributed by atoms with E-state index in [1.54, 1.807) is 24.3 Å². The molecule has 0 saturated heterocycles. The number of phenolic OH excluding ortho intramolecular Hbond substituents is 1. The number of nitrogens with one attached hydrogen (secondary N) is 2. The zero-order chi connectivity index (χ0) is 26.7. The van der Waals surface area contributed by atoms with Gasteiger partial charge in [-0.1, -0.05) is 0 Å². The van der Waals surface area contributed by atoms with E-state index in [1.807, 2.05) is 12.1 Å². The van der Waals surface area contributed by atoms with Crippen LogP contribution in [0, 0.1) is 7.14 Å². The quantitative estimate of drug-likeness (QED) is 0.184. The first-order valence-corrected chi connectivity index (χ1v) is 13.2. The standard InChI is InChI=1S/C24H29I2N3O7/c1-15(32)11-28-22(34)13-29(6-7-30)23(35)12-27-17(14-31)8-16-9-20(25)24(21(26)10-16)36-19-4-2-18(33)3-5-19/h2-5,9-10,17,27,30-31,33H,6-8,11-14H2,1H3,(H,28,34)/t17-/m0/s1. The van der Waals surface area contributed by atoms with Crippen molar-refractivity contribution < 1.29 is 34.4 Å². The molecule has 0 aliphatic rings. The first kappa shape index (κ1) is 30.2. The number of ether oxygens (including phenoxy) is 1. The maximum Gasteiger partial charge on any atom is 0.239 e. The number of hydrogen-bond acceptors (Lipinski definition) is 8. The van der Waals surface area contributed by atoms with Crippen molar-refractivity contribution in [1.29, 1.82) is 0 Å². The number of aliphatic hydroxyl groups excluding tert-OH is 2. The molecular weight excluding hydrogens is 696 g/mol. The Morgan fingerprint density at radius 2 is 1.69 bits per heavy atom. The Labute approximate surface area is 236 Å². The van der Waals surface area contributed by atoms with Crippen LogP contribution in [0.4, 0.5) is 0 Å². The van der Waals surface area contributed by atoms with E-state index in [-0.39, 0.29) is 50.9 Å². The average Bonchev–Trinajstić information content (AvgIpc) is 2.83. The van der Waals surface area contributed by atoms with Crippen LogP contribution in [0.25, 0.3) is 0 Å². The zero-order valence-electron chi connectivity index (χ0n) is 19.7. The largest absolute Gasteiger partial charge is 0.508 e. The van der Waals surface area contributed by atoms with Gasteiger partial charge in [0.2, 0.25) is 11.8 Å². The van der Waals surface area contributed by atoms with Gasteiger partial charge in [-0.3, -0.25) is 14.4 Å². The summed E-state index contributed by atoms with van der Waals surface area (Å²) in [6.07, 6.45) is 0.439. The second-order valence-corrected chi connectivity index (χ2v) is 10.3. The fourth-order valence-corrected chi connectivity index (χ4v) is 5.27. The van der Waals surface area contributed by atoms with Gasteiger partial charge in [-0.05, 0) is 100 Å². The van der Waals surface area contributed by atoms with Crippen LogP contribution in [0.3, 0.4) is 0 Å². The van der Waals surface area contributed by atoms with Gasteiger partial charge in [0.15, 0.2) is 5.75 Å². The summed E-state index contributed by atoms with van der Waals surface area (Å²) in [7, 11) is 0. The molecule has 0 saturated carbocycles. The number of nitrogens with zero attached hydrogens (tertiary/aromatic N) is 1. The van der Waals surface area contributed by atoms with Gasteiger partial charge >= 0.3 is 0 Å². The minimum Gasteiger partial charge on any atom is -0.508 e. The van der Waals surface area contributed by atoms with E-state index in [0.717, 1.165) is 12.7 Å². The number of Topliss-reactive ketones (excluding diaryl/α,β-unsaturated/α-hetero) is 1. The fraction of sp³-hybridized carbons (Fsp3) is 0.375. The molecule has 0 heterocycles. The first-order chi connectivity index (χ1) is 17.1. The second-order valence-electron chi connectivity index (χ2n) is 7.97. The van der Waals surface area contributed by atoms with Crippen LogP contribution in [-0.4, -0.2) is 83.3 Å². The summed E-state index contributed by atoms with van der Waals surface area (Å²) in [5.41, 5.74) is 0.927. The number of carbonyl (C=O) groups excluding carboxylic acids is 3. The van der Waals surface area contributed by atoms with Crippen molar-refractivity contribution in [1.82, 2.24) is 15.5 Å². The average molecular weight is 725 g/mol. The van der Waals surface area contributed by atoms with Crippen LogP contribution < -0.4 is 15.4 Å². The van der Waals surface area contributed by atoms with Gasteiger partial charge in [0, 0.05) is 12.6 Å². The normalized spacial score (nSPS) is 11.6. The number of hydrogen-bond donors (Lipinski definition) is 5. The van der Waals surface area contributed by atoms with Gasteiger partial charge < -0.3 is 35.6 Å². The SMILES string of the molecule is CC(=O)CNC(=O)CN(CCO)C(=O)CN[C@H](CO)Cc1cc(I)c(Oc2ccc(O)cc2)c(I)c1. The molecule has 1 atom stereocenters. The van der Waals surface area contributed by atoms with E-state index in [9.17, 15) is 29.7 Å². The number of phenols is 1. The van der Waals surface area contributed by atoms with Crippen molar-refractivity contribution in [2.75, 3.05) is 39.4 Å². The number of aliphatic hydroxyl groups is 2. The first-order valence-electron chi connectivity index (χ1n) is 11.1. The van der Waals surface area contributed by atoms with E-state index < -0.39 is 17.9 Å². The molecule has 0 unspecified atom stereocenters. The maximum atomic E-state index is 12.6. The summed E-state index contributed by atoms with van der Waals surface area (Å²) >= 11 is 4.34. The molecule has 36 heavy (non-hydrogen) atoms. The molecule has 0 aromatic heterocycles. The third-order valence-electron chi connectivity index (χ3n) is 4.95. The van der Waals surface area contributed by atoms with Gasteiger partial charge in [0.25, 0.3) is 0 Å². The molecular formula is C24H29I2N3O7. The van der Waals surface area contributed by atoms with E-state index in [1.165, 1.54) is 11.8 Å². The van der Waals surface area contributed by atoms with Crippen LogP contribution >= 0.6 is 45.2 Å². The predicted molar refractivity (Wildman–Crippen MR) is 150 cm³/mol. The number of amides is 2. The third kappa shape index (κ3) is 10.2. The highest BCUT2D eigenvalue weighted by atomic mass is 127. The smallest absolute Gasteiger partial charge is 0.239 e.